The maximum atomic E-state index is 12.6. The fourth-order valence-electron chi connectivity index (χ4n) is 3.89. The van der Waals surface area contributed by atoms with E-state index in [0.717, 1.165) is 19.3 Å². The van der Waals surface area contributed by atoms with Crippen molar-refractivity contribution in [3.8, 4) is 0 Å². The molecular formula is C16H30N2O. The molecule has 3 nitrogen and oxygen atoms in total. The first-order valence-corrected chi connectivity index (χ1v) is 8.23. The van der Waals surface area contributed by atoms with Gasteiger partial charge in [-0.05, 0) is 44.9 Å². The molecule has 2 aliphatic rings. The zero-order chi connectivity index (χ0) is 13.7. The van der Waals surface area contributed by atoms with Crippen molar-refractivity contribution in [2.24, 2.45) is 11.7 Å². The van der Waals surface area contributed by atoms with Gasteiger partial charge < -0.3 is 10.6 Å². The van der Waals surface area contributed by atoms with Gasteiger partial charge in [0.1, 0.15) is 0 Å². The molecule has 1 aliphatic carbocycles. The van der Waals surface area contributed by atoms with E-state index in [-0.39, 0.29) is 0 Å². The number of carbonyl (C=O) groups is 1. The summed E-state index contributed by atoms with van der Waals surface area (Å²) in [4.78, 5) is 14.7. The van der Waals surface area contributed by atoms with Gasteiger partial charge >= 0.3 is 0 Å². The van der Waals surface area contributed by atoms with Crippen LogP contribution in [0, 0.1) is 5.92 Å². The topological polar surface area (TPSA) is 46.3 Å². The van der Waals surface area contributed by atoms with Crippen LogP contribution in [-0.4, -0.2) is 29.4 Å². The summed E-state index contributed by atoms with van der Waals surface area (Å²) < 4.78 is 0. The molecule has 0 radical (unpaired) electrons. The molecule has 2 N–H and O–H groups in total. The molecule has 3 heteroatoms. The van der Waals surface area contributed by atoms with Gasteiger partial charge in [-0.25, -0.2) is 0 Å². The number of likely N-dealkylation sites (tertiary alicyclic amines) is 1. The van der Waals surface area contributed by atoms with Gasteiger partial charge in [0.25, 0.3) is 0 Å². The predicted octanol–water partition coefficient (Wildman–Crippen LogP) is 3.08. The quantitative estimate of drug-likeness (QED) is 0.798. The highest BCUT2D eigenvalue weighted by atomic mass is 16.2. The predicted molar refractivity (Wildman–Crippen MR) is 78.8 cm³/mol. The number of nitrogens with two attached hydrogens (primary N) is 1. The Balaban J connectivity index is 1.92. The van der Waals surface area contributed by atoms with Crippen LogP contribution in [0.15, 0.2) is 0 Å². The van der Waals surface area contributed by atoms with E-state index in [9.17, 15) is 4.79 Å². The van der Waals surface area contributed by atoms with Crippen molar-refractivity contribution in [2.75, 3.05) is 6.54 Å². The Labute approximate surface area is 117 Å². The largest absolute Gasteiger partial charge is 0.336 e. The van der Waals surface area contributed by atoms with Crippen LogP contribution in [0.2, 0.25) is 0 Å². The number of piperidine rings is 1. The second-order valence-corrected chi connectivity index (χ2v) is 6.53. The fraction of sp³-hybridized carbons (Fsp3) is 0.938. The van der Waals surface area contributed by atoms with Crippen molar-refractivity contribution in [3.63, 3.8) is 0 Å². The fourth-order valence-corrected chi connectivity index (χ4v) is 3.89. The van der Waals surface area contributed by atoms with Crippen LogP contribution in [0.5, 0.6) is 0 Å². The van der Waals surface area contributed by atoms with E-state index in [1.807, 2.05) is 0 Å². The summed E-state index contributed by atoms with van der Waals surface area (Å²) in [5.74, 6) is 0.997. The number of carbonyl (C=O) groups excluding carboxylic acids is 1. The molecule has 1 aliphatic heterocycles. The van der Waals surface area contributed by atoms with Crippen LogP contribution in [-0.2, 0) is 4.79 Å². The molecular weight excluding hydrogens is 236 g/mol. The molecule has 1 heterocycles. The number of hydrogen-bond donors (Lipinski definition) is 1. The summed E-state index contributed by atoms with van der Waals surface area (Å²) in [6, 6.07) is 0.683. The molecule has 0 bridgehead atoms. The first kappa shape index (κ1) is 14.8. The smallest absolute Gasteiger partial charge is 0.223 e. The molecule has 2 rings (SSSR count). The summed E-state index contributed by atoms with van der Waals surface area (Å²) in [5, 5.41) is 0. The Morgan fingerprint density at radius 2 is 1.74 bits per heavy atom. The van der Waals surface area contributed by atoms with Gasteiger partial charge in [0.2, 0.25) is 5.91 Å². The lowest BCUT2D eigenvalue weighted by atomic mass is 9.92. The third-order valence-electron chi connectivity index (χ3n) is 5.03. The normalized spacial score (nSPS) is 30.1. The summed E-state index contributed by atoms with van der Waals surface area (Å²) in [7, 11) is 0. The average molecular weight is 266 g/mol. The second kappa shape index (κ2) is 7.28. The van der Waals surface area contributed by atoms with Gasteiger partial charge in [-0.1, -0.05) is 25.7 Å². The maximum Gasteiger partial charge on any atom is 0.223 e. The minimum Gasteiger partial charge on any atom is -0.336 e. The molecule has 1 amide bonds. The van der Waals surface area contributed by atoms with Crippen molar-refractivity contribution >= 4 is 5.91 Å². The van der Waals surface area contributed by atoms with Gasteiger partial charge in [-0.2, -0.15) is 0 Å². The van der Waals surface area contributed by atoms with Crippen molar-refractivity contribution < 1.29 is 4.79 Å². The summed E-state index contributed by atoms with van der Waals surface area (Å²) >= 11 is 0. The molecule has 0 aromatic carbocycles. The second-order valence-electron chi connectivity index (χ2n) is 6.53. The molecule has 2 unspecified atom stereocenters. The van der Waals surface area contributed by atoms with Crippen LogP contribution in [0.25, 0.3) is 0 Å². The minimum atomic E-state index is 0.294. The molecule has 2 atom stereocenters. The molecule has 0 aromatic rings. The Hall–Kier alpha value is -0.570. The molecule has 0 aromatic heterocycles. The number of amides is 1. The number of hydrogen-bond acceptors (Lipinski definition) is 2. The summed E-state index contributed by atoms with van der Waals surface area (Å²) in [6.07, 6.45) is 12.1. The lowest BCUT2D eigenvalue weighted by Gasteiger charge is -2.41. The first-order chi connectivity index (χ1) is 9.22. The first-order valence-electron chi connectivity index (χ1n) is 8.23. The zero-order valence-electron chi connectivity index (χ0n) is 12.4. The summed E-state index contributed by atoms with van der Waals surface area (Å²) in [6.45, 7) is 2.81. The van der Waals surface area contributed by atoms with Crippen molar-refractivity contribution in [1.82, 2.24) is 4.90 Å². The Morgan fingerprint density at radius 1 is 1.05 bits per heavy atom. The average Bonchev–Trinajstić information content (AvgIpc) is 2.66. The van der Waals surface area contributed by atoms with E-state index < -0.39 is 0 Å². The molecule has 110 valence electrons. The van der Waals surface area contributed by atoms with E-state index in [1.54, 1.807) is 0 Å². The Kier molecular flexibility index (Phi) is 5.68. The van der Waals surface area contributed by atoms with Crippen LogP contribution in [0.3, 0.4) is 0 Å². The molecule has 0 spiro atoms. The van der Waals surface area contributed by atoms with Gasteiger partial charge in [0.15, 0.2) is 0 Å². The van der Waals surface area contributed by atoms with Gasteiger partial charge in [0, 0.05) is 25.0 Å². The highest BCUT2D eigenvalue weighted by Gasteiger charge is 2.31. The standard InChI is InChI=1S/C16H30N2O/c1-13-7-6-10-15(12-17)18(13)16(19)11-14-8-4-2-3-5-9-14/h13-15H,2-12,17H2,1H3. The third kappa shape index (κ3) is 3.95. The van der Waals surface area contributed by atoms with Gasteiger partial charge in [0.05, 0.1) is 0 Å². The van der Waals surface area contributed by atoms with Crippen LogP contribution < -0.4 is 5.73 Å². The zero-order valence-corrected chi connectivity index (χ0v) is 12.4. The van der Waals surface area contributed by atoms with Crippen LogP contribution in [0.1, 0.15) is 71.1 Å². The van der Waals surface area contributed by atoms with Crippen molar-refractivity contribution in [3.05, 3.63) is 0 Å². The third-order valence-corrected chi connectivity index (χ3v) is 5.03. The SMILES string of the molecule is CC1CCCC(CN)N1C(=O)CC1CCCCCC1. The Morgan fingerprint density at radius 3 is 2.37 bits per heavy atom. The number of nitrogens with zero attached hydrogens (tertiary/aromatic N) is 1. The molecule has 19 heavy (non-hydrogen) atoms. The summed E-state index contributed by atoms with van der Waals surface area (Å²) in [5.41, 5.74) is 5.86. The van der Waals surface area contributed by atoms with Crippen LogP contribution in [0.4, 0.5) is 0 Å². The van der Waals surface area contributed by atoms with Crippen molar-refractivity contribution in [2.45, 2.75) is 83.2 Å². The number of rotatable bonds is 3. The highest BCUT2D eigenvalue weighted by molar-refractivity contribution is 5.77. The van der Waals surface area contributed by atoms with Gasteiger partial charge in [-0.15, -0.1) is 0 Å². The van der Waals surface area contributed by atoms with E-state index in [2.05, 4.69) is 11.8 Å². The lowest BCUT2D eigenvalue weighted by molar-refractivity contribution is -0.138. The molecule has 2 fully saturated rings. The van der Waals surface area contributed by atoms with Crippen LogP contribution >= 0.6 is 0 Å². The molecule has 1 saturated heterocycles. The van der Waals surface area contributed by atoms with E-state index >= 15 is 0 Å². The monoisotopic (exact) mass is 266 g/mol. The highest BCUT2D eigenvalue weighted by Crippen LogP contribution is 2.29. The van der Waals surface area contributed by atoms with E-state index in [0.29, 0.717) is 30.5 Å². The molecule has 1 saturated carbocycles. The Bertz CT molecular complexity index is 284. The van der Waals surface area contributed by atoms with E-state index in [1.165, 1.54) is 44.9 Å². The van der Waals surface area contributed by atoms with Gasteiger partial charge in [-0.3, -0.25) is 4.79 Å². The van der Waals surface area contributed by atoms with E-state index in [4.69, 9.17) is 5.73 Å². The maximum absolute atomic E-state index is 12.6. The lowest BCUT2D eigenvalue weighted by Crippen LogP contribution is -2.52. The minimum absolute atomic E-state index is 0.294. The van der Waals surface area contributed by atoms with Crippen molar-refractivity contribution in [1.29, 1.82) is 0 Å².